The third kappa shape index (κ3) is 5.91. The molecule has 1 fully saturated rings. The van der Waals surface area contributed by atoms with Gasteiger partial charge in [0.05, 0.1) is 19.9 Å². The van der Waals surface area contributed by atoms with Crippen molar-refractivity contribution in [1.29, 1.82) is 0 Å². The number of anilines is 1. The third-order valence-electron chi connectivity index (χ3n) is 6.14. The Morgan fingerprint density at radius 2 is 1.83 bits per heavy atom. The first kappa shape index (κ1) is 25.0. The smallest absolute Gasteiger partial charge is 0.287 e. The molecule has 188 valence electrons. The van der Waals surface area contributed by atoms with Gasteiger partial charge in [0.25, 0.3) is 5.91 Å². The number of carbonyl (C=O) groups is 3. The van der Waals surface area contributed by atoms with E-state index in [-0.39, 0.29) is 17.7 Å². The number of rotatable bonds is 9. The van der Waals surface area contributed by atoms with Crippen LogP contribution in [0.2, 0.25) is 0 Å². The van der Waals surface area contributed by atoms with Crippen molar-refractivity contribution in [2.45, 2.75) is 37.8 Å². The molecule has 0 aliphatic heterocycles. The lowest BCUT2D eigenvalue weighted by Crippen LogP contribution is -2.49. The van der Waals surface area contributed by atoms with Crippen molar-refractivity contribution in [2.75, 3.05) is 18.6 Å². The zero-order valence-electron chi connectivity index (χ0n) is 19.9. The molecule has 1 aliphatic rings. The topological polar surface area (TPSA) is 101 Å². The Bertz CT molecular complexity index is 1190. The minimum atomic E-state index is -1.08. The van der Waals surface area contributed by atoms with Crippen molar-refractivity contribution in [1.82, 2.24) is 10.6 Å². The van der Waals surface area contributed by atoms with Gasteiger partial charge in [-0.15, -0.1) is 0 Å². The molecule has 1 aliphatic carbocycles. The largest absolute Gasteiger partial charge is 0.497 e. The molecule has 0 spiro atoms. The summed E-state index contributed by atoms with van der Waals surface area (Å²) in [4.78, 5) is 40.9. The number of halogens is 1. The average molecular weight is 494 g/mol. The van der Waals surface area contributed by atoms with E-state index < -0.39 is 30.2 Å². The number of methoxy groups -OCH3 is 1. The normalized spacial score (nSPS) is 14.2. The summed E-state index contributed by atoms with van der Waals surface area (Å²) < 4.78 is 24.2. The van der Waals surface area contributed by atoms with Crippen LogP contribution in [-0.2, 0) is 9.59 Å². The second-order valence-electron chi connectivity index (χ2n) is 8.57. The summed E-state index contributed by atoms with van der Waals surface area (Å²) in [7, 11) is 1.51. The number of hydrogen-bond acceptors (Lipinski definition) is 5. The van der Waals surface area contributed by atoms with Gasteiger partial charge in [-0.05, 0) is 66.9 Å². The maximum absolute atomic E-state index is 13.7. The predicted octanol–water partition coefficient (Wildman–Crippen LogP) is 3.99. The molecule has 1 saturated carbocycles. The van der Waals surface area contributed by atoms with Crippen LogP contribution in [0.3, 0.4) is 0 Å². The van der Waals surface area contributed by atoms with Crippen LogP contribution in [0, 0.1) is 5.82 Å². The Labute approximate surface area is 208 Å². The highest BCUT2D eigenvalue weighted by molar-refractivity contribution is 6.04. The number of hydrogen-bond donors (Lipinski definition) is 2. The van der Waals surface area contributed by atoms with Crippen LogP contribution in [0.25, 0.3) is 0 Å². The van der Waals surface area contributed by atoms with Crippen molar-refractivity contribution in [3.8, 4) is 5.75 Å². The summed E-state index contributed by atoms with van der Waals surface area (Å²) in [6, 6.07) is 14.1. The first-order valence-corrected chi connectivity index (χ1v) is 11.8. The minimum absolute atomic E-state index is 0.00873. The van der Waals surface area contributed by atoms with Crippen LogP contribution < -0.4 is 20.3 Å². The summed E-state index contributed by atoms with van der Waals surface area (Å²) in [5.74, 6) is -1.41. The molecule has 8 nitrogen and oxygen atoms in total. The maximum atomic E-state index is 13.7. The van der Waals surface area contributed by atoms with Crippen molar-refractivity contribution in [3.05, 3.63) is 84.1 Å². The van der Waals surface area contributed by atoms with Crippen LogP contribution in [0.1, 0.15) is 47.8 Å². The molecule has 2 N–H and O–H groups in total. The molecule has 9 heteroatoms. The van der Waals surface area contributed by atoms with Crippen LogP contribution in [-0.4, -0.2) is 37.4 Å². The Kier molecular flexibility index (Phi) is 7.99. The number of ether oxygens (including phenoxy) is 1. The van der Waals surface area contributed by atoms with Gasteiger partial charge in [-0.3, -0.25) is 19.3 Å². The molecular formula is C27H28FN3O5. The summed E-state index contributed by atoms with van der Waals surface area (Å²) in [5.41, 5.74) is 0.822. The Hall–Kier alpha value is -4.14. The molecule has 3 amide bonds. The van der Waals surface area contributed by atoms with Crippen LogP contribution in [0.4, 0.5) is 10.1 Å². The van der Waals surface area contributed by atoms with Gasteiger partial charge < -0.3 is 19.8 Å². The van der Waals surface area contributed by atoms with E-state index in [0.29, 0.717) is 17.0 Å². The highest BCUT2D eigenvalue weighted by Crippen LogP contribution is 2.31. The van der Waals surface area contributed by atoms with Crippen molar-refractivity contribution < 1.29 is 27.9 Å². The van der Waals surface area contributed by atoms with Gasteiger partial charge >= 0.3 is 0 Å². The molecule has 1 aromatic heterocycles. The second-order valence-corrected chi connectivity index (χ2v) is 8.57. The zero-order valence-corrected chi connectivity index (χ0v) is 19.9. The summed E-state index contributed by atoms with van der Waals surface area (Å²) in [6.45, 7) is -0.409. The van der Waals surface area contributed by atoms with Crippen molar-refractivity contribution in [2.24, 2.45) is 0 Å². The van der Waals surface area contributed by atoms with Crippen LogP contribution in [0.5, 0.6) is 5.75 Å². The number of furan rings is 1. The monoisotopic (exact) mass is 493 g/mol. The lowest BCUT2D eigenvalue weighted by molar-refractivity contribution is -0.126. The molecule has 0 radical (unpaired) electrons. The number of nitrogens with one attached hydrogen (secondary N) is 2. The number of carbonyl (C=O) groups excluding carboxylic acids is 3. The summed E-state index contributed by atoms with van der Waals surface area (Å²) in [5, 5.41) is 5.60. The first-order chi connectivity index (χ1) is 17.5. The lowest BCUT2D eigenvalue weighted by Gasteiger charge is -2.32. The van der Waals surface area contributed by atoms with Crippen LogP contribution >= 0.6 is 0 Å². The third-order valence-corrected chi connectivity index (χ3v) is 6.14. The standard InChI is InChI=1S/C27H28FN3O5/c1-35-22-9-4-6-18(16-22)25(27(34)30-20-7-2-3-8-20)31(21-13-11-19(28)12-14-21)24(32)17-29-26(33)23-10-5-15-36-23/h4-6,9-16,20,25H,2-3,7-8,17H2,1H3,(H,29,33)(H,30,34)/t25-/m1/s1. The van der Waals surface area contributed by atoms with Gasteiger partial charge in [0.2, 0.25) is 11.8 Å². The van der Waals surface area contributed by atoms with Gasteiger partial charge in [0.1, 0.15) is 17.6 Å². The van der Waals surface area contributed by atoms with Gasteiger partial charge in [0, 0.05) is 11.7 Å². The lowest BCUT2D eigenvalue weighted by atomic mass is 10.0. The Morgan fingerprint density at radius 3 is 2.50 bits per heavy atom. The van der Waals surface area contributed by atoms with E-state index in [1.807, 2.05) is 0 Å². The molecule has 36 heavy (non-hydrogen) atoms. The number of benzene rings is 2. The molecule has 1 atom stereocenters. The van der Waals surface area contributed by atoms with E-state index in [9.17, 15) is 18.8 Å². The Morgan fingerprint density at radius 1 is 1.08 bits per heavy atom. The molecule has 3 aromatic rings. The van der Waals surface area contributed by atoms with E-state index >= 15 is 0 Å². The summed E-state index contributed by atoms with van der Waals surface area (Å²) >= 11 is 0. The number of nitrogens with zero attached hydrogens (tertiary/aromatic N) is 1. The Balaban J connectivity index is 1.70. The van der Waals surface area contributed by atoms with Crippen molar-refractivity contribution >= 4 is 23.4 Å². The van der Waals surface area contributed by atoms with Gasteiger partial charge in [-0.25, -0.2) is 4.39 Å². The molecular weight excluding hydrogens is 465 g/mol. The maximum Gasteiger partial charge on any atom is 0.287 e. The SMILES string of the molecule is COc1cccc([C@H](C(=O)NC2CCCC2)N(C(=O)CNC(=O)c2ccco2)c2ccc(F)cc2)c1. The molecule has 0 bridgehead atoms. The molecule has 0 unspecified atom stereocenters. The van der Waals surface area contributed by atoms with E-state index in [1.165, 1.54) is 48.6 Å². The van der Waals surface area contributed by atoms with Gasteiger partial charge in [0.15, 0.2) is 5.76 Å². The molecule has 1 heterocycles. The van der Waals surface area contributed by atoms with Gasteiger partial charge in [-0.1, -0.05) is 25.0 Å². The zero-order chi connectivity index (χ0) is 25.5. The van der Waals surface area contributed by atoms with Crippen LogP contribution in [0.15, 0.2) is 71.3 Å². The summed E-state index contributed by atoms with van der Waals surface area (Å²) in [6.07, 6.45) is 5.12. The molecule has 0 saturated heterocycles. The van der Waals surface area contributed by atoms with E-state index in [2.05, 4.69) is 10.6 Å². The van der Waals surface area contributed by atoms with E-state index in [4.69, 9.17) is 9.15 Å². The fourth-order valence-corrected chi connectivity index (χ4v) is 4.35. The first-order valence-electron chi connectivity index (χ1n) is 11.8. The minimum Gasteiger partial charge on any atom is -0.497 e. The number of amides is 3. The molecule has 2 aromatic carbocycles. The fraction of sp³-hybridized carbons (Fsp3) is 0.296. The highest BCUT2D eigenvalue weighted by Gasteiger charge is 2.34. The highest BCUT2D eigenvalue weighted by atomic mass is 19.1. The van der Waals surface area contributed by atoms with Crippen molar-refractivity contribution in [3.63, 3.8) is 0 Å². The second kappa shape index (κ2) is 11.5. The van der Waals surface area contributed by atoms with Gasteiger partial charge in [-0.2, -0.15) is 0 Å². The molecule has 4 rings (SSSR count). The fourth-order valence-electron chi connectivity index (χ4n) is 4.35. The quantitative estimate of drug-likeness (QED) is 0.470. The van der Waals surface area contributed by atoms with E-state index in [0.717, 1.165) is 25.7 Å². The average Bonchev–Trinajstić information content (AvgIpc) is 3.61. The predicted molar refractivity (Wildman–Crippen MR) is 131 cm³/mol. The van der Waals surface area contributed by atoms with E-state index in [1.54, 1.807) is 30.3 Å².